The number of aliphatic hydroxyl groups excluding tert-OH is 2. The highest BCUT2D eigenvalue weighted by molar-refractivity contribution is 6.25. The van der Waals surface area contributed by atoms with Gasteiger partial charge in [-0.3, -0.25) is 9.59 Å². The maximum absolute atomic E-state index is 12.7. The molecule has 136 valence electrons. The number of nitrogens with zero attached hydrogens (tertiary/aromatic N) is 1. The lowest BCUT2D eigenvalue weighted by atomic mass is 9.83. The van der Waals surface area contributed by atoms with Crippen LogP contribution in [-0.4, -0.2) is 62.6 Å². The van der Waals surface area contributed by atoms with Crippen LogP contribution in [0.5, 0.6) is 0 Å². The number of likely N-dealkylation sites (N-methyl/N-ethyl adjacent to an activating group) is 1. The summed E-state index contributed by atoms with van der Waals surface area (Å²) in [5, 5.41) is 21.0. The third-order valence-corrected chi connectivity index (χ3v) is 6.02. The van der Waals surface area contributed by atoms with E-state index in [0.717, 1.165) is 5.56 Å². The topological polar surface area (TPSA) is 89.6 Å². The lowest BCUT2D eigenvalue weighted by molar-refractivity contribution is -0.133. The van der Waals surface area contributed by atoms with Crippen LogP contribution in [0.2, 0.25) is 0 Å². The number of carbonyl (C=O) groups is 2. The van der Waals surface area contributed by atoms with Crippen LogP contribution in [0, 0.1) is 5.92 Å². The fourth-order valence-corrected chi connectivity index (χ4v) is 4.12. The summed E-state index contributed by atoms with van der Waals surface area (Å²) >= 11 is 12.0. The first-order valence-electron chi connectivity index (χ1n) is 8.06. The van der Waals surface area contributed by atoms with Gasteiger partial charge < -0.3 is 20.4 Å². The van der Waals surface area contributed by atoms with E-state index in [0.29, 0.717) is 6.42 Å². The molecule has 3 rings (SSSR count). The van der Waals surface area contributed by atoms with Gasteiger partial charge in [0.15, 0.2) is 5.66 Å². The standard InChI is InChI=1S/C17H20Cl2N2O4/c1-21-16(25)17(21,8-9-5-3-2-4-6-9)20-15(24)10-7-11(18)14(23)12(19)13(10)22/h2-6,10-14,22-23H,7-8H2,1H3,(H,20,24)/t10?,11?,12?,13?,14?,17-,21?/m0/s1. The van der Waals surface area contributed by atoms with Crippen LogP contribution in [0.1, 0.15) is 12.0 Å². The van der Waals surface area contributed by atoms with Gasteiger partial charge in [-0.15, -0.1) is 23.2 Å². The molecule has 1 saturated carbocycles. The van der Waals surface area contributed by atoms with E-state index >= 15 is 0 Å². The Balaban J connectivity index is 1.75. The summed E-state index contributed by atoms with van der Waals surface area (Å²) in [4.78, 5) is 26.3. The molecular formula is C17H20Cl2N2O4. The third kappa shape index (κ3) is 3.24. The van der Waals surface area contributed by atoms with Crippen molar-refractivity contribution in [2.45, 2.75) is 41.5 Å². The Bertz CT molecular complexity index is 674. The van der Waals surface area contributed by atoms with Crippen molar-refractivity contribution in [3.8, 4) is 0 Å². The predicted octanol–water partition coefficient (Wildman–Crippen LogP) is 0.470. The van der Waals surface area contributed by atoms with Crippen LogP contribution < -0.4 is 5.32 Å². The fourth-order valence-electron chi connectivity index (χ4n) is 3.35. The van der Waals surface area contributed by atoms with Crippen molar-refractivity contribution in [3.05, 3.63) is 35.9 Å². The number of carbonyl (C=O) groups excluding carboxylic acids is 2. The quantitative estimate of drug-likeness (QED) is 0.518. The summed E-state index contributed by atoms with van der Waals surface area (Å²) in [6.45, 7) is 0. The van der Waals surface area contributed by atoms with E-state index in [1.807, 2.05) is 30.3 Å². The summed E-state index contributed by atoms with van der Waals surface area (Å²) < 4.78 is 0. The molecule has 3 N–H and O–H groups in total. The minimum atomic E-state index is -1.24. The van der Waals surface area contributed by atoms with Gasteiger partial charge in [0.25, 0.3) is 5.91 Å². The van der Waals surface area contributed by atoms with E-state index in [9.17, 15) is 19.8 Å². The van der Waals surface area contributed by atoms with Gasteiger partial charge in [-0.05, 0) is 12.0 Å². The number of rotatable bonds is 4. The number of hydrogen-bond donors (Lipinski definition) is 3. The summed E-state index contributed by atoms with van der Waals surface area (Å²) in [6, 6.07) is 9.35. The van der Waals surface area contributed by atoms with E-state index in [-0.39, 0.29) is 12.3 Å². The zero-order chi connectivity index (χ0) is 18.4. The Hall–Kier alpha value is -1.34. The molecule has 5 unspecified atom stereocenters. The molecule has 1 aliphatic carbocycles. The molecule has 1 aromatic carbocycles. The minimum Gasteiger partial charge on any atom is -0.391 e. The van der Waals surface area contributed by atoms with E-state index < -0.39 is 40.5 Å². The maximum atomic E-state index is 12.7. The first-order valence-corrected chi connectivity index (χ1v) is 8.93. The van der Waals surface area contributed by atoms with Crippen LogP contribution in [0.15, 0.2) is 30.3 Å². The fraction of sp³-hybridized carbons (Fsp3) is 0.529. The second-order valence-electron chi connectivity index (χ2n) is 6.66. The van der Waals surface area contributed by atoms with Crippen molar-refractivity contribution in [2.24, 2.45) is 5.92 Å². The number of aliphatic hydroxyl groups is 2. The molecule has 1 saturated heterocycles. The third-order valence-electron chi connectivity index (χ3n) is 5.07. The summed E-state index contributed by atoms with van der Waals surface area (Å²) in [5.74, 6) is -1.58. The molecule has 1 heterocycles. The lowest BCUT2D eigenvalue weighted by Gasteiger charge is -2.37. The lowest BCUT2D eigenvalue weighted by Crippen LogP contribution is -2.56. The molecule has 0 spiro atoms. The Morgan fingerprint density at radius 3 is 2.44 bits per heavy atom. The minimum absolute atomic E-state index is 0.0816. The van der Waals surface area contributed by atoms with Crippen molar-refractivity contribution < 1.29 is 19.8 Å². The normalized spacial score (nSPS) is 37.7. The highest BCUT2D eigenvalue weighted by Crippen LogP contribution is 2.36. The van der Waals surface area contributed by atoms with Gasteiger partial charge in [-0.2, -0.15) is 0 Å². The Morgan fingerprint density at radius 2 is 1.88 bits per heavy atom. The van der Waals surface area contributed by atoms with Crippen molar-refractivity contribution in [2.75, 3.05) is 7.05 Å². The number of benzene rings is 1. The second-order valence-corrected chi connectivity index (χ2v) is 7.72. The molecule has 0 aromatic heterocycles. The number of nitrogens with one attached hydrogen (secondary N) is 1. The highest BCUT2D eigenvalue weighted by atomic mass is 35.5. The van der Waals surface area contributed by atoms with Crippen LogP contribution in [0.4, 0.5) is 0 Å². The van der Waals surface area contributed by atoms with Crippen molar-refractivity contribution >= 4 is 35.0 Å². The average molecular weight is 387 g/mol. The van der Waals surface area contributed by atoms with Crippen LogP contribution in [0.25, 0.3) is 0 Å². The smallest absolute Gasteiger partial charge is 0.271 e. The molecule has 2 fully saturated rings. The van der Waals surface area contributed by atoms with Gasteiger partial charge in [-0.1, -0.05) is 30.3 Å². The SMILES string of the molecule is CN1C(=O)[C@@]1(Cc1ccccc1)NC(=O)C1CC(Cl)C(O)C(Cl)C1O. The summed E-state index contributed by atoms with van der Waals surface area (Å²) in [6.07, 6.45) is -1.92. The summed E-state index contributed by atoms with van der Waals surface area (Å²) in [7, 11) is 1.61. The van der Waals surface area contributed by atoms with Gasteiger partial charge in [0, 0.05) is 13.5 Å². The van der Waals surface area contributed by atoms with Crippen molar-refractivity contribution in [1.29, 1.82) is 0 Å². The Labute approximate surface area is 155 Å². The molecule has 2 amide bonds. The van der Waals surface area contributed by atoms with Gasteiger partial charge in [-0.25, -0.2) is 0 Å². The number of halogens is 2. The van der Waals surface area contributed by atoms with Gasteiger partial charge in [0.2, 0.25) is 5.91 Å². The van der Waals surface area contributed by atoms with Crippen LogP contribution in [-0.2, 0) is 16.0 Å². The number of hydrogen-bond acceptors (Lipinski definition) is 4. The monoisotopic (exact) mass is 386 g/mol. The first-order chi connectivity index (χ1) is 11.8. The van der Waals surface area contributed by atoms with E-state index in [2.05, 4.69) is 5.32 Å². The molecule has 2 aliphatic rings. The average Bonchev–Trinajstić information content (AvgIpc) is 3.09. The van der Waals surface area contributed by atoms with Crippen molar-refractivity contribution in [1.82, 2.24) is 10.2 Å². The van der Waals surface area contributed by atoms with Gasteiger partial charge in [0.05, 0.1) is 28.9 Å². The zero-order valence-corrected chi connectivity index (χ0v) is 15.1. The van der Waals surface area contributed by atoms with Gasteiger partial charge in [0.1, 0.15) is 0 Å². The molecule has 6 nitrogen and oxygen atoms in total. The van der Waals surface area contributed by atoms with Crippen LogP contribution in [0.3, 0.4) is 0 Å². The van der Waals surface area contributed by atoms with Crippen LogP contribution >= 0.6 is 23.2 Å². The molecule has 1 aromatic rings. The number of alkyl halides is 2. The Kier molecular flexibility index (Phi) is 4.99. The molecular weight excluding hydrogens is 367 g/mol. The summed E-state index contributed by atoms with van der Waals surface area (Å²) in [5.41, 5.74) is -0.205. The van der Waals surface area contributed by atoms with E-state index in [1.165, 1.54) is 4.90 Å². The highest BCUT2D eigenvalue weighted by Gasteiger charge is 2.62. The first kappa shape index (κ1) is 18.5. The molecule has 25 heavy (non-hydrogen) atoms. The molecule has 1 aliphatic heterocycles. The largest absolute Gasteiger partial charge is 0.391 e. The van der Waals surface area contributed by atoms with Gasteiger partial charge >= 0.3 is 0 Å². The van der Waals surface area contributed by atoms with Crippen molar-refractivity contribution in [3.63, 3.8) is 0 Å². The molecule has 8 heteroatoms. The molecule has 0 radical (unpaired) electrons. The maximum Gasteiger partial charge on any atom is 0.271 e. The van der Waals surface area contributed by atoms with E-state index in [4.69, 9.17) is 23.2 Å². The predicted molar refractivity (Wildman–Crippen MR) is 93.2 cm³/mol. The molecule has 0 bridgehead atoms. The second kappa shape index (κ2) is 6.76. The zero-order valence-electron chi connectivity index (χ0n) is 13.6. The molecule has 6 atom stereocenters. The van der Waals surface area contributed by atoms with E-state index in [1.54, 1.807) is 7.05 Å². The number of amides is 2. The Morgan fingerprint density at radius 1 is 1.28 bits per heavy atom.